The van der Waals surface area contributed by atoms with Crippen molar-refractivity contribution in [1.29, 1.82) is 0 Å². The summed E-state index contributed by atoms with van der Waals surface area (Å²) in [5.41, 5.74) is 0. The van der Waals surface area contributed by atoms with E-state index >= 15 is 0 Å². The average molecular weight is 312 g/mol. The molecule has 7 heteroatoms. The van der Waals surface area contributed by atoms with E-state index in [0.717, 1.165) is 37.4 Å². The lowest BCUT2D eigenvalue weighted by atomic mass is 10.1. The molecule has 1 fully saturated rings. The third-order valence-corrected chi connectivity index (χ3v) is 4.77. The number of hydrogen-bond donors (Lipinski definition) is 1. The molecule has 1 aliphatic heterocycles. The Morgan fingerprint density at radius 3 is 3.00 bits per heavy atom. The molecule has 2 rings (SSSR count). The average Bonchev–Trinajstić information content (AvgIpc) is 2.81. The first-order chi connectivity index (χ1) is 10.1. The minimum Gasteiger partial charge on any atom is -0.394 e. The highest BCUT2D eigenvalue weighted by Gasteiger charge is 2.25. The number of amides is 1. The van der Waals surface area contributed by atoms with Crippen molar-refractivity contribution < 1.29 is 9.90 Å². The molecule has 1 saturated heterocycles. The molecule has 0 aliphatic carbocycles. The number of aromatic nitrogens is 3. The lowest BCUT2D eigenvalue weighted by Gasteiger charge is -2.28. The summed E-state index contributed by atoms with van der Waals surface area (Å²) in [6.45, 7) is 4.93. The standard InChI is InChI=1S/C14H24N4O2S/c1-11(2)18-10-15-16-14(18)21-9-13(20)17-7-5-3-4-6-12(17)8-19/h10-12,19H,3-9H2,1-2H3. The van der Waals surface area contributed by atoms with Gasteiger partial charge >= 0.3 is 0 Å². The van der Waals surface area contributed by atoms with E-state index in [-0.39, 0.29) is 24.6 Å². The van der Waals surface area contributed by atoms with Gasteiger partial charge in [-0.25, -0.2) is 0 Å². The number of thioether (sulfide) groups is 1. The largest absolute Gasteiger partial charge is 0.394 e. The number of aliphatic hydroxyl groups excluding tert-OH is 1. The molecule has 0 radical (unpaired) electrons. The summed E-state index contributed by atoms with van der Waals surface area (Å²) in [4.78, 5) is 14.3. The lowest BCUT2D eigenvalue weighted by molar-refractivity contribution is -0.131. The van der Waals surface area contributed by atoms with E-state index in [1.165, 1.54) is 11.8 Å². The Morgan fingerprint density at radius 1 is 1.48 bits per heavy atom. The van der Waals surface area contributed by atoms with Gasteiger partial charge in [0.05, 0.1) is 18.4 Å². The van der Waals surface area contributed by atoms with E-state index in [4.69, 9.17) is 0 Å². The van der Waals surface area contributed by atoms with Crippen LogP contribution < -0.4 is 0 Å². The Hall–Kier alpha value is -1.08. The highest BCUT2D eigenvalue weighted by Crippen LogP contribution is 2.22. The van der Waals surface area contributed by atoms with E-state index in [1.807, 2.05) is 9.47 Å². The maximum atomic E-state index is 12.4. The van der Waals surface area contributed by atoms with Crippen LogP contribution in [-0.2, 0) is 4.79 Å². The molecule has 0 saturated carbocycles. The van der Waals surface area contributed by atoms with Crippen LogP contribution in [0.2, 0.25) is 0 Å². The van der Waals surface area contributed by atoms with Gasteiger partial charge in [0.15, 0.2) is 5.16 Å². The van der Waals surface area contributed by atoms with Gasteiger partial charge in [0.1, 0.15) is 6.33 Å². The van der Waals surface area contributed by atoms with Crippen molar-refractivity contribution in [3.05, 3.63) is 6.33 Å². The number of hydrogen-bond acceptors (Lipinski definition) is 5. The van der Waals surface area contributed by atoms with Crippen molar-refractivity contribution in [2.24, 2.45) is 0 Å². The van der Waals surface area contributed by atoms with Crippen LogP contribution in [0.25, 0.3) is 0 Å². The third-order valence-electron chi connectivity index (χ3n) is 3.83. The monoisotopic (exact) mass is 312 g/mol. The molecule has 0 bridgehead atoms. The minimum absolute atomic E-state index is 0.0245. The Balaban J connectivity index is 1.95. The highest BCUT2D eigenvalue weighted by molar-refractivity contribution is 7.99. The quantitative estimate of drug-likeness (QED) is 0.838. The molecule has 2 heterocycles. The second kappa shape index (κ2) is 7.79. The van der Waals surface area contributed by atoms with Crippen LogP contribution in [0.5, 0.6) is 0 Å². The predicted octanol–water partition coefficient (Wildman–Crippen LogP) is 1.71. The minimum atomic E-state index is -0.0245. The summed E-state index contributed by atoms with van der Waals surface area (Å²) >= 11 is 1.42. The van der Waals surface area contributed by atoms with E-state index in [9.17, 15) is 9.90 Å². The Bertz CT molecular complexity index is 464. The van der Waals surface area contributed by atoms with Crippen molar-refractivity contribution in [3.63, 3.8) is 0 Å². The van der Waals surface area contributed by atoms with Crippen LogP contribution >= 0.6 is 11.8 Å². The first kappa shape index (κ1) is 16.3. The van der Waals surface area contributed by atoms with Crippen molar-refractivity contribution in [2.45, 2.75) is 56.8 Å². The van der Waals surface area contributed by atoms with Crippen molar-refractivity contribution in [3.8, 4) is 0 Å². The molecule has 1 atom stereocenters. The summed E-state index contributed by atoms with van der Waals surface area (Å²) in [6.07, 6.45) is 5.84. The first-order valence-electron chi connectivity index (χ1n) is 7.56. The number of aliphatic hydroxyl groups is 1. The maximum absolute atomic E-state index is 12.4. The van der Waals surface area contributed by atoms with Gasteiger partial charge in [0, 0.05) is 12.6 Å². The molecule has 1 amide bonds. The second-order valence-electron chi connectivity index (χ2n) is 5.68. The Labute approximate surface area is 129 Å². The number of nitrogens with zero attached hydrogens (tertiary/aromatic N) is 4. The number of carbonyl (C=O) groups excluding carboxylic acids is 1. The first-order valence-corrected chi connectivity index (χ1v) is 8.54. The Kier molecular flexibility index (Phi) is 6.05. The lowest BCUT2D eigenvalue weighted by Crippen LogP contribution is -2.43. The number of carbonyl (C=O) groups is 1. The molecule has 6 nitrogen and oxygen atoms in total. The summed E-state index contributed by atoms with van der Waals surface area (Å²) in [6, 6.07) is 0.254. The van der Waals surface area contributed by atoms with Crippen molar-refractivity contribution >= 4 is 17.7 Å². The molecule has 1 unspecified atom stereocenters. The predicted molar refractivity (Wildman–Crippen MR) is 82.2 cm³/mol. The van der Waals surface area contributed by atoms with Gasteiger partial charge in [-0.3, -0.25) is 4.79 Å². The summed E-state index contributed by atoms with van der Waals surface area (Å²) in [5, 5.41) is 18.2. The van der Waals surface area contributed by atoms with Gasteiger partial charge in [-0.2, -0.15) is 0 Å². The topological polar surface area (TPSA) is 71.2 Å². The second-order valence-corrected chi connectivity index (χ2v) is 6.62. The zero-order valence-corrected chi connectivity index (χ0v) is 13.6. The van der Waals surface area contributed by atoms with Gasteiger partial charge in [0.2, 0.25) is 5.91 Å². The van der Waals surface area contributed by atoms with Crippen LogP contribution in [-0.4, -0.2) is 55.6 Å². The molecular formula is C14H24N4O2S. The molecule has 1 aromatic rings. The van der Waals surface area contributed by atoms with Crippen LogP contribution in [0.1, 0.15) is 45.6 Å². The van der Waals surface area contributed by atoms with Gasteiger partial charge in [-0.05, 0) is 26.7 Å². The van der Waals surface area contributed by atoms with Crippen molar-refractivity contribution in [2.75, 3.05) is 18.9 Å². The van der Waals surface area contributed by atoms with E-state index < -0.39 is 0 Å². The van der Waals surface area contributed by atoms with Gasteiger partial charge in [0.25, 0.3) is 0 Å². The van der Waals surface area contributed by atoms with Crippen LogP contribution in [0.15, 0.2) is 11.5 Å². The van der Waals surface area contributed by atoms with E-state index in [1.54, 1.807) is 6.33 Å². The fourth-order valence-corrected chi connectivity index (χ4v) is 3.52. The zero-order chi connectivity index (χ0) is 15.2. The highest BCUT2D eigenvalue weighted by atomic mass is 32.2. The van der Waals surface area contributed by atoms with Gasteiger partial charge in [-0.15, -0.1) is 10.2 Å². The van der Waals surface area contributed by atoms with Crippen LogP contribution in [0.3, 0.4) is 0 Å². The number of rotatable bonds is 5. The van der Waals surface area contributed by atoms with Crippen LogP contribution in [0.4, 0.5) is 0 Å². The molecular weight excluding hydrogens is 288 g/mol. The fourth-order valence-electron chi connectivity index (χ4n) is 2.59. The third kappa shape index (κ3) is 4.20. The zero-order valence-electron chi connectivity index (χ0n) is 12.7. The summed E-state index contributed by atoms with van der Waals surface area (Å²) in [5.74, 6) is 0.432. The molecule has 1 aliphatic rings. The van der Waals surface area contributed by atoms with Crippen LogP contribution in [0, 0.1) is 0 Å². The molecule has 118 valence electrons. The molecule has 21 heavy (non-hydrogen) atoms. The van der Waals surface area contributed by atoms with Gasteiger partial charge in [-0.1, -0.05) is 24.6 Å². The SMILES string of the molecule is CC(C)n1cnnc1SCC(=O)N1CCCCCC1CO. The smallest absolute Gasteiger partial charge is 0.233 e. The molecule has 0 aromatic carbocycles. The number of likely N-dealkylation sites (tertiary alicyclic amines) is 1. The maximum Gasteiger partial charge on any atom is 0.233 e. The molecule has 0 spiro atoms. The van der Waals surface area contributed by atoms with E-state index in [2.05, 4.69) is 24.0 Å². The summed E-state index contributed by atoms with van der Waals surface area (Å²) in [7, 11) is 0. The van der Waals surface area contributed by atoms with Crippen molar-refractivity contribution in [1.82, 2.24) is 19.7 Å². The molecule has 1 N–H and O–H groups in total. The summed E-state index contributed by atoms with van der Waals surface area (Å²) < 4.78 is 1.96. The van der Waals surface area contributed by atoms with Gasteiger partial charge < -0.3 is 14.6 Å². The Morgan fingerprint density at radius 2 is 2.29 bits per heavy atom. The fraction of sp³-hybridized carbons (Fsp3) is 0.786. The normalized spacial score (nSPS) is 19.8. The van der Waals surface area contributed by atoms with E-state index in [0.29, 0.717) is 5.75 Å². The molecule has 1 aromatic heterocycles.